The predicted molar refractivity (Wildman–Crippen MR) is 135 cm³/mol. The highest BCUT2D eigenvalue weighted by Gasteiger charge is 2.31. The van der Waals surface area contributed by atoms with Crippen molar-refractivity contribution in [1.29, 1.82) is 0 Å². The molecule has 0 spiro atoms. The molecule has 0 bridgehead atoms. The third kappa shape index (κ3) is 5.67. The number of carbonyl (C=O) groups excluding carboxylic acids is 2. The highest BCUT2D eigenvalue weighted by atomic mass is 32.1. The number of amides is 2. The van der Waals surface area contributed by atoms with Crippen LogP contribution in [0.4, 0.5) is 5.13 Å². The Balaban J connectivity index is 1.22. The lowest BCUT2D eigenvalue weighted by atomic mass is 10.0. The van der Waals surface area contributed by atoms with Gasteiger partial charge in [-0.2, -0.15) is 0 Å². The molecule has 1 atom stereocenters. The highest BCUT2D eigenvalue weighted by molar-refractivity contribution is 7.15. The zero-order valence-electron chi connectivity index (χ0n) is 20.0. The van der Waals surface area contributed by atoms with E-state index in [0.717, 1.165) is 62.6 Å². The maximum absolute atomic E-state index is 13.6. The fraction of sp³-hybridized carbons (Fsp3) is 0.577. The summed E-state index contributed by atoms with van der Waals surface area (Å²) in [5.41, 5.74) is 2.30. The molecule has 2 amide bonds. The van der Waals surface area contributed by atoms with Gasteiger partial charge in [-0.15, -0.1) is 11.3 Å². The number of aryl methyl sites for hydroxylation is 2. The summed E-state index contributed by atoms with van der Waals surface area (Å²) in [6.45, 7) is 6.11. The van der Waals surface area contributed by atoms with Gasteiger partial charge in [0.05, 0.1) is 24.8 Å². The monoisotopic (exact) mass is 481 g/mol. The Bertz CT molecular complexity index is 974. The van der Waals surface area contributed by atoms with Crippen molar-refractivity contribution in [2.45, 2.75) is 64.1 Å². The highest BCUT2D eigenvalue weighted by Crippen LogP contribution is 2.32. The van der Waals surface area contributed by atoms with Gasteiger partial charge in [0.25, 0.3) is 0 Å². The molecule has 1 aliphatic heterocycles. The van der Waals surface area contributed by atoms with Crippen LogP contribution in [-0.2, 0) is 29.0 Å². The number of piperazine rings is 1. The summed E-state index contributed by atoms with van der Waals surface area (Å²) in [5.74, 6) is 0.233. The molecule has 3 aliphatic rings. The lowest BCUT2D eigenvalue weighted by Crippen LogP contribution is -2.55. The molecule has 1 saturated carbocycles. The minimum absolute atomic E-state index is 0.0999. The number of nitrogens with zero attached hydrogens (tertiary/aromatic N) is 4. The Hall–Kier alpha value is -2.29. The second-order valence-electron chi connectivity index (χ2n) is 9.81. The molecule has 182 valence electrons. The third-order valence-corrected chi connectivity index (χ3v) is 8.35. The summed E-state index contributed by atoms with van der Waals surface area (Å²) in [4.78, 5) is 38.6. The maximum Gasteiger partial charge on any atom is 0.243 e. The minimum Gasteiger partial charge on any atom is -0.352 e. The molecule has 2 aromatic rings. The van der Waals surface area contributed by atoms with Crippen molar-refractivity contribution >= 4 is 28.3 Å². The van der Waals surface area contributed by atoms with Gasteiger partial charge in [-0.25, -0.2) is 4.98 Å². The largest absolute Gasteiger partial charge is 0.352 e. The van der Waals surface area contributed by atoms with Gasteiger partial charge in [-0.05, 0) is 51.0 Å². The Morgan fingerprint density at radius 3 is 2.56 bits per heavy atom. The van der Waals surface area contributed by atoms with Crippen molar-refractivity contribution in [3.8, 4) is 0 Å². The summed E-state index contributed by atoms with van der Waals surface area (Å²) >= 11 is 1.69. The first kappa shape index (κ1) is 23.5. The van der Waals surface area contributed by atoms with Crippen LogP contribution in [0.2, 0.25) is 0 Å². The minimum atomic E-state index is -0.116. The van der Waals surface area contributed by atoms with Crippen LogP contribution in [0.15, 0.2) is 30.3 Å². The van der Waals surface area contributed by atoms with Crippen LogP contribution in [0.3, 0.4) is 0 Å². The van der Waals surface area contributed by atoms with Crippen LogP contribution >= 0.6 is 11.3 Å². The Morgan fingerprint density at radius 2 is 1.85 bits per heavy atom. The molecule has 1 N–H and O–H groups in total. The molecule has 2 heterocycles. The van der Waals surface area contributed by atoms with Crippen molar-refractivity contribution in [3.05, 3.63) is 46.5 Å². The summed E-state index contributed by atoms with van der Waals surface area (Å²) in [5, 5.41) is 3.95. The molecule has 2 fully saturated rings. The summed E-state index contributed by atoms with van der Waals surface area (Å²) < 4.78 is 0. The SMILES string of the molecule is CC(C(=O)NC1CC1)N1CCN(CC(=O)N(Cc2ccccc2)c2nc3c(s2)CCCC3)CC1. The first-order valence-corrected chi connectivity index (χ1v) is 13.5. The molecule has 7 nitrogen and oxygen atoms in total. The molecule has 1 unspecified atom stereocenters. The molecular weight excluding hydrogens is 446 g/mol. The van der Waals surface area contributed by atoms with E-state index in [0.29, 0.717) is 19.1 Å². The van der Waals surface area contributed by atoms with Gasteiger partial charge in [-0.1, -0.05) is 30.3 Å². The lowest BCUT2D eigenvalue weighted by molar-refractivity contribution is -0.127. The number of carbonyl (C=O) groups is 2. The van der Waals surface area contributed by atoms with Crippen molar-refractivity contribution in [2.75, 3.05) is 37.6 Å². The zero-order valence-corrected chi connectivity index (χ0v) is 20.9. The molecule has 34 heavy (non-hydrogen) atoms. The van der Waals surface area contributed by atoms with Crippen molar-refractivity contribution in [3.63, 3.8) is 0 Å². The quantitative estimate of drug-likeness (QED) is 0.628. The Morgan fingerprint density at radius 1 is 1.12 bits per heavy atom. The number of aromatic nitrogens is 1. The number of benzene rings is 1. The Labute approximate surface area is 206 Å². The third-order valence-electron chi connectivity index (χ3n) is 7.17. The van der Waals surface area contributed by atoms with E-state index in [4.69, 9.17) is 4.98 Å². The van der Waals surface area contributed by atoms with Gasteiger partial charge in [0, 0.05) is 37.1 Å². The standard InChI is InChI=1S/C26H35N5O2S/c1-19(25(33)27-21-11-12-21)30-15-13-29(14-16-30)18-24(32)31(17-20-7-3-2-4-8-20)26-28-22-9-5-6-10-23(22)34-26/h2-4,7-8,19,21H,5-6,9-18H2,1H3,(H,27,33). The van der Waals surface area contributed by atoms with Crippen molar-refractivity contribution in [2.24, 2.45) is 0 Å². The van der Waals surface area contributed by atoms with Crippen molar-refractivity contribution < 1.29 is 9.59 Å². The molecule has 1 aromatic carbocycles. The van der Waals surface area contributed by atoms with Gasteiger partial charge < -0.3 is 5.32 Å². The van der Waals surface area contributed by atoms with Crippen LogP contribution in [0.1, 0.15) is 48.7 Å². The number of rotatable bonds is 8. The van der Waals surface area contributed by atoms with Crippen molar-refractivity contribution in [1.82, 2.24) is 20.1 Å². The predicted octanol–water partition coefficient (Wildman–Crippen LogP) is 2.84. The normalized spacial score (nSPS) is 19.9. The molecule has 1 aromatic heterocycles. The molecule has 1 saturated heterocycles. The molecule has 5 rings (SSSR count). The van der Waals surface area contributed by atoms with Crippen LogP contribution in [0.25, 0.3) is 0 Å². The van der Waals surface area contributed by atoms with E-state index in [2.05, 4.69) is 27.2 Å². The molecular formula is C26H35N5O2S. The smallest absolute Gasteiger partial charge is 0.243 e. The second kappa shape index (κ2) is 10.5. The second-order valence-corrected chi connectivity index (χ2v) is 10.9. The van der Waals surface area contributed by atoms with Gasteiger partial charge in [0.2, 0.25) is 11.8 Å². The van der Waals surface area contributed by atoms with Crippen LogP contribution in [0, 0.1) is 0 Å². The van der Waals surface area contributed by atoms with E-state index >= 15 is 0 Å². The van der Waals surface area contributed by atoms with E-state index in [9.17, 15) is 9.59 Å². The van der Waals surface area contributed by atoms with E-state index in [-0.39, 0.29) is 17.9 Å². The average molecular weight is 482 g/mol. The van der Waals surface area contributed by atoms with Crippen LogP contribution in [0.5, 0.6) is 0 Å². The zero-order chi connectivity index (χ0) is 23.5. The average Bonchev–Trinajstić information content (AvgIpc) is 3.57. The van der Waals surface area contributed by atoms with E-state index in [1.807, 2.05) is 30.0 Å². The van der Waals surface area contributed by atoms with Crippen LogP contribution in [-0.4, -0.2) is 71.4 Å². The molecule has 8 heteroatoms. The van der Waals surface area contributed by atoms with E-state index in [1.54, 1.807) is 11.3 Å². The summed E-state index contributed by atoms with van der Waals surface area (Å²) in [6, 6.07) is 10.5. The fourth-order valence-electron chi connectivity index (χ4n) is 4.78. The van der Waals surface area contributed by atoms with Gasteiger partial charge in [0.15, 0.2) is 5.13 Å². The molecule has 2 aliphatic carbocycles. The number of nitrogens with one attached hydrogen (secondary N) is 1. The first-order valence-electron chi connectivity index (χ1n) is 12.7. The lowest BCUT2D eigenvalue weighted by Gasteiger charge is -2.37. The van der Waals surface area contributed by atoms with E-state index < -0.39 is 0 Å². The molecule has 0 radical (unpaired) electrons. The number of fused-ring (bicyclic) bond motifs is 1. The van der Waals surface area contributed by atoms with Gasteiger partial charge in [0.1, 0.15) is 0 Å². The fourth-order valence-corrected chi connectivity index (χ4v) is 5.95. The number of hydrogen-bond acceptors (Lipinski definition) is 6. The maximum atomic E-state index is 13.6. The van der Waals surface area contributed by atoms with Gasteiger partial charge >= 0.3 is 0 Å². The van der Waals surface area contributed by atoms with E-state index in [1.165, 1.54) is 23.4 Å². The summed E-state index contributed by atoms with van der Waals surface area (Å²) in [6.07, 6.45) is 6.71. The number of thiazole rings is 1. The van der Waals surface area contributed by atoms with Gasteiger partial charge in [-0.3, -0.25) is 24.3 Å². The van der Waals surface area contributed by atoms with Crippen LogP contribution < -0.4 is 10.2 Å². The number of anilines is 1. The number of hydrogen-bond donors (Lipinski definition) is 1. The Kier molecular flexibility index (Phi) is 7.27. The summed E-state index contributed by atoms with van der Waals surface area (Å²) in [7, 11) is 0. The first-order chi connectivity index (χ1) is 16.6. The topological polar surface area (TPSA) is 68.8 Å².